The lowest BCUT2D eigenvalue weighted by atomic mass is 10.1. The quantitative estimate of drug-likeness (QED) is 0.220. The number of carbonyl (C=O) groups excluding carboxylic acids is 1. The van der Waals surface area contributed by atoms with E-state index in [1.165, 1.54) is 29.0 Å². The molecule has 1 aliphatic rings. The van der Waals surface area contributed by atoms with Gasteiger partial charge in [0.05, 0.1) is 23.8 Å². The molecular formula is C24H21N3O6S. The second-order valence-corrected chi connectivity index (χ2v) is 9.13. The number of benzene rings is 2. The Morgan fingerprint density at radius 1 is 1.24 bits per heavy atom. The van der Waals surface area contributed by atoms with Gasteiger partial charge in [0.15, 0.2) is 6.79 Å². The van der Waals surface area contributed by atoms with Crippen molar-refractivity contribution in [1.29, 1.82) is 0 Å². The summed E-state index contributed by atoms with van der Waals surface area (Å²) in [6.45, 7) is 4.64. The molecule has 0 saturated heterocycles. The van der Waals surface area contributed by atoms with E-state index in [2.05, 4.69) is 29.4 Å². The van der Waals surface area contributed by atoms with Crippen molar-refractivity contribution in [3.05, 3.63) is 85.4 Å². The number of hydrogen-bond acceptors (Lipinski definition) is 8. The number of nitro benzene ring substituents is 1. The highest BCUT2D eigenvalue weighted by molar-refractivity contribution is 7.20. The van der Waals surface area contributed by atoms with Gasteiger partial charge in [0.25, 0.3) is 5.69 Å². The van der Waals surface area contributed by atoms with Gasteiger partial charge in [-0.3, -0.25) is 14.8 Å². The average molecular weight is 480 g/mol. The van der Waals surface area contributed by atoms with Gasteiger partial charge in [-0.05, 0) is 25.5 Å². The van der Waals surface area contributed by atoms with Crippen LogP contribution in [0.4, 0.5) is 5.69 Å². The van der Waals surface area contributed by atoms with Crippen LogP contribution < -0.4 is 4.74 Å². The van der Waals surface area contributed by atoms with E-state index in [0.717, 1.165) is 21.5 Å². The first-order valence-corrected chi connectivity index (χ1v) is 11.4. The van der Waals surface area contributed by atoms with Crippen LogP contribution >= 0.6 is 11.3 Å². The maximum Gasteiger partial charge on any atom is 0.348 e. The molecule has 0 radical (unpaired) electrons. The standard InChI is InChI=1S/C24H21N3O6S/c1-14-3-5-16(6-4-14)10-26-23-20(15(2)25-26)9-21(34-23)24(28)32-12-18-8-19(27(29)30)7-17-11-31-13-33-22(17)18/h3-9H,10-13H2,1-2H3. The summed E-state index contributed by atoms with van der Waals surface area (Å²) >= 11 is 1.31. The predicted octanol–water partition coefficient (Wildman–Crippen LogP) is 4.89. The lowest BCUT2D eigenvalue weighted by molar-refractivity contribution is -0.385. The Morgan fingerprint density at radius 2 is 2.03 bits per heavy atom. The number of rotatable bonds is 6. The summed E-state index contributed by atoms with van der Waals surface area (Å²) in [4.78, 5) is 25.0. The van der Waals surface area contributed by atoms with Crippen LogP contribution in [0, 0.1) is 24.0 Å². The van der Waals surface area contributed by atoms with Crippen LogP contribution in [-0.2, 0) is 29.2 Å². The highest BCUT2D eigenvalue weighted by Gasteiger charge is 2.23. The van der Waals surface area contributed by atoms with Crippen molar-refractivity contribution < 1.29 is 23.9 Å². The molecule has 5 rings (SSSR count). The molecule has 0 amide bonds. The first-order chi connectivity index (χ1) is 16.4. The van der Waals surface area contributed by atoms with Crippen molar-refractivity contribution in [2.24, 2.45) is 0 Å². The summed E-state index contributed by atoms with van der Waals surface area (Å²) in [5.74, 6) is -0.0413. The predicted molar refractivity (Wildman–Crippen MR) is 125 cm³/mol. The van der Waals surface area contributed by atoms with Crippen LogP contribution in [0.2, 0.25) is 0 Å². The number of hydrogen-bond donors (Lipinski definition) is 0. The fourth-order valence-corrected chi connectivity index (χ4v) is 4.95. The number of aromatic nitrogens is 2. The Kier molecular flexibility index (Phi) is 5.76. The number of ether oxygens (including phenoxy) is 3. The zero-order chi connectivity index (χ0) is 23.8. The highest BCUT2D eigenvalue weighted by Crippen LogP contribution is 2.34. The molecule has 0 spiro atoms. The second kappa shape index (κ2) is 8.88. The van der Waals surface area contributed by atoms with Gasteiger partial charge in [0.2, 0.25) is 0 Å². The van der Waals surface area contributed by atoms with Crippen molar-refractivity contribution >= 4 is 33.2 Å². The largest absolute Gasteiger partial charge is 0.467 e. The molecule has 9 nitrogen and oxygen atoms in total. The molecule has 174 valence electrons. The second-order valence-electron chi connectivity index (χ2n) is 8.10. The smallest absolute Gasteiger partial charge is 0.348 e. The van der Waals surface area contributed by atoms with Gasteiger partial charge in [-0.1, -0.05) is 29.8 Å². The fourth-order valence-electron chi connectivity index (χ4n) is 3.89. The van der Waals surface area contributed by atoms with Gasteiger partial charge >= 0.3 is 5.97 Å². The van der Waals surface area contributed by atoms with Crippen molar-refractivity contribution in [2.45, 2.75) is 33.6 Å². The molecule has 0 N–H and O–H groups in total. The van der Waals surface area contributed by atoms with Gasteiger partial charge in [-0.15, -0.1) is 11.3 Å². The zero-order valence-electron chi connectivity index (χ0n) is 18.6. The topological polar surface area (TPSA) is 106 Å². The molecule has 10 heteroatoms. The average Bonchev–Trinajstić information content (AvgIpc) is 3.39. The van der Waals surface area contributed by atoms with Crippen molar-refractivity contribution in [3.8, 4) is 5.75 Å². The van der Waals surface area contributed by atoms with Crippen molar-refractivity contribution in [3.63, 3.8) is 0 Å². The van der Waals surface area contributed by atoms with Crippen molar-refractivity contribution in [1.82, 2.24) is 9.78 Å². The minimum absolute atomic E-state index is 0.0405. The Morgan fingerprint density at radius 3 is 2.79 bits per heavy atom. The lowest BCUT2D eigenvalue weighted by Crippen LogP contribution is -2.14. The summed E-state index contributed by atoms with van der Waals surface area (Å²) in [5.41, 5.74) is 4.02. The number of fused-ring (bicyclic) bond motifs is 2. The van der Waals surface area contributed by atoms with E-state index in [0.29, 0.717) is 28.3 Å². The number of thiophene rings is 1. The molecule has 0 unspecified atom stereocenters. The molecule has 2 aromatic heterocycles. The summed E-state index contributed by atoms with van der Waals surface area (Å²) in [5, 5.41) is 16.8. The van der Waals surface area contributed by atoms with Gasteiger partial charge in [0, 0.05) is 28.6 Å². The Bertz CT molecular complexity index is 1410. The Balaban J connectivity index is 1.37. The molecule has 2 aromatic carbocycles. The van der Waals surface area contributed by atoms with Gasteiger partial charge in [0.1, 0.15) is 22.1 Å². The summed E-state index contributed by atoms with van der Waals surface area (Å²) in [6.07, 6.45) is 0. The van der Waals surface area contributed by atoms with E-state index >= 15 is 0 Å². The van der Waals surface area contributed by atoms with Crippen LogP contribution in [-0.4, -0.2) is 27.5 Å². The molecule has 4 aromatic rings. The van der Waals surface area contributed by atoms with Crippen LogP contribution in [0.25, 0.3) is 10.2 Å². The molecule has 34 heavy (non-hydrogen) atoms. The Labute approximate surface area is 198 Å². The first-order valence-electron chi connectivity index (χ1n) is 10.6. The molecular weight excluding hydrogens is 458 g/mol. The number of esters is 1. The SMILES string of the molecule is Cc1ccc(Cn2nc(C)c3cc(C(=O)OCc4cc([N+](=O)[O-])cc5c4OCOC5)sc32)cc1. The van der Waals surface area contributed by atoms with Crippen LogP contribution in [0.1, 0.15) is 37.6 Å². The molecule has 0 aliphatic carbocycles. The third-order valence-electron chi connectivity index (χ3n) is 5.60. The van der Waals surface area contributed by atoms with Crippen LogP contribution in [0.5, 0.6) is 5.75 Å². The Hall–Kier alpha value is -3.76. The maximum absolute atomic E-state index is 12.9. The third-order valence-corrected chi connectivity index (χ3v) is 6.73. The monoisotopic (exact) mass is 479 g/mol. The van der Waals surface area contributed by atoms with Gasteiger partial charge < -0.3 is 14.2 Å². The number of aryl methyl sites for hydroxylation is 2. The summed E-state index contributed by atoms with van der Waals surface area (Å²) in [6, 6.07) is 12.8. The maximum atomic E-state index is 12.9. The number of nitrogens with zero attached hydrogens (tertiary/aromatic N) is 3. The van der Waals surface area contributed by atoms with E-state index in [4.69, 9.17) is 14.2 Å². The lowest BCUT2D eigenvalue weighted by Gasteiger charge is -2.20. The van der Waals surface area contributed by atoms with E-state index in [1.54, 1.807) is 6.07 Å². The minimum atomic E-state index is -0.505. The molecule has 0 saturated carbocycles. The van der Waals surface area contributed by atoms with Gasteiger partial charge in [-0.25, -0.2) is 4.79 Å². The summed E-state index contributed by atoms with van der Waals surface area (Å²) < 4.78 is 18.1. The molecule has 0 atom stereocenters. The minimum Gasteiger partial charge on any atom is -0.467 e. The zero-order valence-corrected chi connectivity index (χ0v) is 19.4. The number of non-ortho nitro benzene ring substituents is 1. The molecule has 0 bridgehead atoms. The molecule has 1 aliphatic heterocycles. The van der Waals surface area contributed by atoms with E-state index in [9.17, 15) is 14.9 Å². The van der Waals surface area contributed by atoms with E-state index < -0.39 is 10.9 Å². The number of nitro groups is 1. The van der Waals surface area contributed by atoms with Crippen LogP contribution in [0.15, 0.2) is 42.5 Å². The normalized spacial score (nSPS) is 12.9. The van der Waals surface area contributed by atoms with Crippen molar-refractivity contribution in [2.75, 3.05) is 6.79 Å². The third kappa shape index (κ3) is 4.25. The highest BCUT2D eigenvalue weighted by atomic mass is 32.1. The van der Waals surface area contributed by atoms with Crippen LogP contribution in [0.3, 0.4) is 0 Å². The first kappa shape index (κ1) is 22.1. The number of carbonyl (C=O) groups is 1. The van der Waals surface area contributed by atoms with Gasteiger partial charge in [-0.2, -0.15) is 5.10 Å². The van der Waals surface area contributed by atoms with E-state index in [1.807, 2.05) is 18.5 Å². The molecule has 0 fully saturated rings. The fraction of sp³-hybridized carbons (Fsp3) is 0.250. The van der Waals surface area contributed by atoms with E-state index in [-0.39, 0.29) is 25.7 Å². The molecule has 3 heterocycles. The summed E-state index contributed by atoms with van der Waals surface area (Å²) in [7, 11) is 0.